The highest BCUT2D eigenvalue weighted by molar-refractivity contribution is 5.90. The lowest BCUT2D eigenvalue weighted by Gasteiger charge is -2.11. The van der Waals surface area contributed by atoms with Gasteiger partial charge in [0, 0.05) is 11.6 Å². The van der Waals surface area contributed by atoms with Gasteiger partial charge in [-0.1, -0.05) is 6.07 Å². The number of aryl methyl sites for hydroxylation is 1. The monoisotopic (exact) mass is 283 g/mol. The van der Waals surface area contributed by atoms with Gasteiger partial charge in [0.15, 0.2) is 5.65 Å². The Bertz CT molecular complexity index is 839. The van der Waals surface area contributed by atoms with Crippen LogP contribution in [0.4, 0.5) is 0 Å². The first-order valence-electron chi connectivity index (χ1n) is 6.37. The Morgan fingerprint density at radius 2 is 2.10 bits per heavy atom. The molecule has 1 aromatic carbocycles. The molecule has 0 atom stereocenters. The largest absolute Gasteiger partial charge is 0.478 e. The molecule has 0 unspecified atom stereocenters. The topological polar surface area (TPSA) is 76.7 Å². The number of nitrogens with zero attached hydrogens (tertiary/aromatic N) is 3. The molecule has 0 fully saturated rings. The van der Waals surface area contributed by atoms with Crippen molar-refractivity contribution in [3.63, 3.8) is 0 Å². The zero-order valence-corrected chi connectivity index (χ0v) is 11.6. The lowest BCUT2D eigenvalue weighted by atomic mass is 10.1. The lowest BCUT2D eigenvalue weighted by Crippen LogP contribution is -2.02. The summed E-state index contributed by atoms with van der Waals surface area (Å²) in [6.45, 7) is 3.65. The van der Waals surface area contributed by atoms with Crippen molar-refractivity contribution in [3.05, 3.63) is 53.3 Å². The summed E-state index contributed by atoms with van der Waals surface area (Å²) in [5.41, 5.74) is 2.45. The number of carboxylic acid groups (broad SMARTS) is 1. The van der Waals surface area contributed by atoms with Gasteiger partial charge in [-0.05, 0) is 37.6 Å². The molecule has 0 bridgehead atoms. The first kappa shape index (κ1) is 13.1. The van der Waals surface area contributed by atoms with Gasteiger partial charge < -0.3 is 9.84 Å². The number of hydrogen-bond donors (Lipinski definition) is 1. The summed E-state index contributed by atoms with van der Waals surface area (Å²) < 4.78 is 7.42. The molecule has 0 aliphatic heterocycles. The van der Waals surface area contributed by atoms with Crippen LogP contribution in [0, 0.1) is 13.8 Å². The van der Waals surface area contributed by atoms with Crippen molar-refractivity contribution in [2.75, 3.05) is 0 Å². The van der Waals surface area contributed by atoms with Gasteiger partial charge >= 0.3 is 5.97 Å². The van der Waals surface area contributed by atoms with E-state index in [1.807, 2.05) is 19.1 Å². The Labute approximate surface area is 120 Å². The minimum absolute atomic E-state index is 0.218. The lowest BCUT2D eigenvalue weighted by molar-refractivity contribution is 0.0695. The number of carboxylic acids is 1. The van der Waals surface area contributed by atoms with E-state index in [0.717, 1.165) is 5.56 Å². The number of rotatable bonds is 3. The second kappa shape index (κ2) is 4.90. The summed E-state index contributed by atoms with van der Waals surface area (Å²) in [4.78, 5) is 15.3. The average molecular weight is 283 g/mol. The molecule has 6 nitrogen and oxygen atoms in total. The smallest absolute Gasteiger partial charge is 0.336 e. The fourth-order valence-corrected chi connectivity index (χ4v) is 2.16. The predicted molar refractivity (Wildman–Crippen MR) is 75.9 cm³/mol. The van der Waals surface area contributed by atoms with E-state index in [1.165, 1.54) is 6.33 Å². The molecule has 0 aliphatic carbocycles. The van der Waals surface area contributed by atoms with Gasteiger partial charge in [-0.2, -0.15) is 9.61 Å². The summed E-state index contributed by atoms with van der Waals surface area (Å²) in [7, 11) is 0. The quantitative estimate of drug-likeness (QED) is 0.799. The molecule has 1 N–H and O–H groups in total. The molecule has 3 aromatic rings. The molecule has 6 heteroatoms. The SMILES string of the molecule is Cc1cc(Oc2cccc(C(=O)O)c2C)n2ncnc2c1. The van der Waals surface area contributed by atoms with Crippen LogP contribution in [0.3, 0.4) is 0 Å². The van der Waals surface area contributed by atoms with Gasteiger partial charge in [-0.25, -0.2) is 9.78 Å². The Morgan fingerprint density at radius 1 is 1.29 bits per heavy atom. The number of carbonyl (C=O) groups is 1. The molecule has 2 aromatic heterocycles. The number of aromatic nitrogens is 3. The molecule has 0 radical (unpaired) electrons. The number of pyridine rings is 1. The highest BCUT2D eigenvalue weighted by Gasteiger charge is 2.13. The maximum atomic E-state index is 11.2. The van der Waals surface area contributed by atoms with Crippen LogP contribution >= 0.6 is 0 Å². The fraction of sp³-hybridized carbons (Fsp3) is 0.133. The van der Waals surface area contributed by atoms with E-state index in [4.69, 9.17) is 9.84 Å². The van der Waals surface area contributed by atoms with Crippen molar-refractivity contribution in [2.24, 2.45) is 0 Å². The third-order valence-corrected chi connectivity index (χ3v) is 3.22. The number of hydrogen-bond acceptors (Lipinski definition) is 4. The van der Waals surface area contributed by atoms with Crippen molar-refractivity contribution < 1.29 is 14.6 Å². The van der Waals surface area contributed by atoms with Gasteiger partial charge in [-0.15, -0.1) is 0 Å². The molecular weight excluding hydrogens is 270 g/mol. The number of ether oxygens (including phenoxy) is 1. The number of aromatic carboxylic acids is 1. The maximum Gasteiger partial charge on any atom is 0.336 e. The van der Waals surface area contributed by atoms with Crippen LogP contribution in [-0.4, -0.2) is 25.7 Å². The minimum Gasteiger partial charge on any atom is -0.478 e. The zero-order valence-electron chi connectivity index (χ0n) is 11.6. The fourth-order valence-electron chi connectivity index (χ4n) is 2.16. The number of fused-ring (bicyclic) bond motifs is 1. The second-order valence-electron chi connectivity index (χ2n) is 4.74. The van der Waals surface area contributed by atoms with E-state index in [-0.39, 0.29) is 5.56 Å². The molecule has 0 saturated carbocycles. The maximum absolute atomic E-state index is 11.2. The highest BCUT2D eigenvalue weighted by Crippen LogP contribution is 2.28. The Hall–Kier alpha value is -2.89. The highest BCUT2D eigenvalue weighted by atomic mass is 16.5. The molecule has 106 valence electrons. The average Bonchev–Trinajstić information content (AvgIpc) is 2.88. The summed E-state index contributed by atoms with van der Waals surface area (Å²) in [5.74, 6) is -0.00136. The van der Waals surface area contributed by atoms with Crippen LogP contribution in [0.2, 0.25) is 0 Å². The Morgan fingerprint density at radius 3 is 2.86 bits per heavy atom. The van der Waals surface area contributed by atoms with Gasteiger partial charge in [0.25, 0.3) is 0 Å². The van der Waals surface area contributed by atoms with Crippen LogP contribution in [0.1, 0.15) is 21.5 Å². The first-order chi connectivity index (χ1) is 10.1. The van der Waals surface area contributed by atoms with Gasteiger partial charge in [0.1, 0.15) is 12.1 Å². The van der Waals surface area contributed by atoms with Gasteiger partial charge in [-0.3, -0.25) is 0 Å². The molecular formula is C15H13N3O3. The second-order valence-corrected chi connectivity index (χ2v) is 4.74. The molecule has 0 amide bonds. The first-order valence-corrected chi connectivity index (χ1v) is 6.37. The van der Waals surface area contributed by atoms with Crippen LogP contribution in [0.5, 0.6) is 11.6 Å². The molecule has 0 spiro atoms. The van der Waals surface area contributed by atoms with E-state index in [0.29, 0.717) is 22.8 Å². The van der Waals surface area contributed by atoms with Gasteiger partial charge in [0.2, 0.25) is 5.88 Å². The Balaban J connectivity index is 2.09. The molecule has 0 aliphatic rings. The third-order valence-electron chi connectivity index (χ3n) is 3.22. The molecule has 2 heterocycles. The number of benzene rings is 1. The molecule has 3 rings (SSSR count). The zero-order chi connectivity index (χ0) is 15.0. The summed E-state index contributed by atoms with van der Waals surface area (Å²) >= 11 is 0. The van der Waals surface area contributed by atoms with Crippen LogP contribution in [0.25, 0.3) is 5.65 Å². The summed E-state index contributed by atoms with van der Waals surface area (Å²) in [6, 6.07) is 8.65. The minimum atomic E-state index is -0.979. The summed E-state index contributed by atoms with van der Waals surface area (Å²) in [5, 5.41) is 13.3. The normalized spacial score (nSPS) is 10.8. The predicted octanol–water partition coefficient (Wildman–Crippen LogP) is 2.84. The standard InChI is InChI=1S/C15H13N3O3/c1-9-6-13-16-8-17-18(13)14(7-9)21-12-5-3-4-11(10(12)2)15(19)20/h3-8H,1-2H3,(H,19,20). The molecule has 21 heavy (non-hydrogen) atoms. The van der Waals surface area contributed by atoms with Crippen molar-refractivity contribution in [1.29, 1.82) is 0 Å². The van der Waals surface area contributed by atoms with Gasteiger partial charge in [0.05, 0.1) is 5.56 Å². The van der Waals surface area contributed by atoms with E-state index in [2.05, 4.69) is 10.1 Å². The van der Waals surface area contributed by atoms with Crippen molar-refractivity contribution in [1.82, 2.24) is 14.6 Å². The molecule has 0 saturated heterocycles. The third kappa shape index (κ3) is 2.31. The van der Waals surface area contributed by atoms with E-state index < -0.39 is 5.97 Å². The Kier molecular flexibility index (Phi) is 3.06. The van der Waals surface area contributed by atoms with Crippen molar-refractivity contribution >= 4 is 11.6 Å². The summed E-state index contributed by atoms with van der Waals surface area (Å²) in [6.07, 6.45) is 1.45. The van der Waals surface area contributed by atoms with E-state index >= 15 is 0 Å². The van der Waals surface area contributed by atoms with E-state index in [1.54, 1.807) is 29.6 Å². The van der Waals surface area contributed by atoms with E-state index in [9.17, 15) is 4.79 Å². The van der Waals surface area contributed by atoms with Crippen molar-refractivity contribution in [3.8, 4) is 11.6 Å². The van der Waals surface area contributed by atoms with Crippen LogP contribution < -0.4 is 4.74 Å². The van der Waals surface area contributed by atoms with Crippen LogP contribution in [0.15, 0.2) is 36.7 Å². The van der Waals surface area contributed by atoms with Crippen molar-refractivity contribution in [2.45, 2.75) is 13.8 Å². The van der Waals surface area contributed by atoms with Crippen LogP contribution in [-0.2, 0) is 0 Å².